The highest BCUT2D eigenvalue weighted by molar-refractivity contribution is 4.62. The highest BCUT2D eigenvalue weighted by Gasteiger charge is 2.13. The third-order valence-electron chi connectivity index (χ3n) is 1.43. The number of aliphatic hydroxyl groups excluding tert-OH is 6. The molecular formula is C11H28O7. The maximum atomic E-state index is 8.43. The minimum absolute atomic E-state index is 0.0278. The largest absolute Gasteiger partial charge is 0.396 e. The first-order valence-corrected chi connectivity index (χ1v) is 5.68. The molecule has 114 valence electrons. The van der Waals surface area contributed by atoms with Gasteiger partial charge in [-0.3, -0.25) is 0 Å². The van der Waals surface area contributed by atoms with Crippen LogP contribution in [-0.2, 0) is 4.74 Å². The summed E-state index contributed by atoms with van der Waals surface area (Å²) >= 11 is 0. The molecule has 7 heteroatoms. The van der Waals surface area contributed by atoms with Gasteiger partial charge < -0.3 is 35.4 Å². The van der Waals surface area contributed by atoms with E-state index in [2.05, 4.69) is 4.74 Å². The van der Waals surface area contributed by atoms with E-state index in [1.54, 1.807) is 13.8 Å². The molecule has 0 aliphatic heterocycles. The normalized spacial score (nSPS) is 10.0. The van der Waals surface area contributed by atoms with Crippen molar-refractivity contribution in [1.29, 1.82) is 0 Å². The van der Waals surface area contributed by atoms with E-state index in [1.807, 2.05) is 0 Å². The van der Waals surface area contributed by atoms with Crippen LogP contribution < -0.4 is 0 Å². The summed E-state index contributed by atoms with van der Waals surface area (Å²) in [5, 5.41) is 48.3. The third kappa shape index (κ3) is 29.6. The summed E-state index contributed by atoms with van der Waals surface area (Å²) in [4.78, 5) is 0. The average molecular weight is 272 g/mol. The minimum atomic E-state index is -0.306. The zero-order valence-corrected chi connectivity index (χ0v) is 11.2. The van der Waals surface area contributed by atoms with Crippen molar-refractivity contribution >= 4 is 0 Å². The lowest BCUT2D eigenvalue weighted by atomic mass is 9.97. The topological polar surface area (TPSA) is 131 Å². The van der Waals surface area contributed by atoms with Crippen molar-refractivity contribution in [3.8, 4) is 0 Å². The number of hydrogen-bond donors (Lipinski definition) is 6. The molecule has 0 saturated heterocycles. The lowest BCUT2D eigenvalue weighted by molar-refractivity contribution is 0.0650. The highest BCUT2D eigenvalue weighted by Crippen LogP contribution is 2.10. The van der Waals surface area contributed by atoms with Crippen LogP contribution in [0.25, 0.3) is 0 Å². The van der Waals surface area contributed by atoms with E-state index in [0.29, 0.717) is 13.2 Å². The van der Waals surface area contributed by atoms with Crippen LogP contribution in [0.1, 0.15) is 13.8 Å². The maximum absolute atomic E-state index is 8.43. The van der Waals surface area contributed by atoms with E-state index in [0.717, 1.165) is 0 Å². The monoisotopic (exact) mass is 272 g/mol. The van der Waals surface area contributed by atoms with Gasteiger partial charge in [0, 0.05) is 5.41 Å². The van der Waals surface area contributed by atoms with E-state index in [-0.39, 0.29) is 45.1 Å². The van der Waals surface area contributed by atoms with Crippen LogP contribution in [-0.4, -0.2) is 83.5 Å². The van der Waals surface area contributed by atoms with Crippen LogP contribution in [0.3, 0.4) is 0 Å². The predicted molar refractivity (Wildman–Crippen MR) is 67.1 cm³/mol. The summed E-state index contributed by atoms with van der Waals surface area (Å²) in [7, 11) is 0. The van der Waals surface area contributed by atoms with Crippen LogP contribution in [0.4, 0.5) is 0 Å². The Balaban J connectivity index is -0.000000196. The summed E-state index contributed by atoms with van der Waals surface area (Å²) in [6.07, 6.45) is 0. The molecule has 0 radical (unpaired) electrons. The number of ether oxygens (including phenoxy) is 1. The molecule has 0 aromatic rings. The van der Waals surface area contributed by atoms with E-state index in [4.69, 9.17) is 30.6 Å². The fourth-order valence-electron chi connectivity index (χ4n) is 0.281. The predicted octanol–water partition coefficient (Wildman–Crippen LogP) is -2.04. The molecule has 0 amide bonds. The Morgan fingerprint density at radius 1 is 0.667 bits per heavy atom. The lowest BCUT2D eigenvalue weighted by Crippen LogP contribution is -2.20. The smallest absolute Gasteiger partial charge is 0.0698 e. The fourth-order valence-corrected chi connectivity index (χ4v) is 0.281. The SMILES string of the molecule is CC(C)(CO)CO.OCCO.OCCOCCO. The van der Waals surface area contributed by atoms with Crippen LogP contribution in [0.5, 0.6) is 0 Å². The van der Waals surface area contributed by atoms with Crippen LogP contribution in [0.2, 0.25) is 0 Å². The molecule has 0 saturated carbocycles. The van der Waals surface area contributed by atoms with Crippen molar-refractivity contribution in [1.82, 2.24) is 0 Å². The van der Waals surface area contributed by atoms with Gasteiger partial charge in [-0.2, -0.15) is 0 Å². The van der Waals surface area contributed by atoms with Crippen molar-refractivity contribution in [2.24, 2.45) is 5.41 Å². The second-order valence-electron chi connectivity index (χ2n) is 3.99. The second kappa shape index (κ2) is 19.1. The van der Waals surface area contributed by atoms with Crippen molar-refractivity contribution in [2.45, 2.75) is 13.8 Å². The molecule has 0 heterocycles. The molecule has 0 fully saturated rings. The van der Waals surface area contributed by atoms with E-state index in [1.165, 1.54) is 0 Å². The molecule has 0 aliphatic rings. The van der Waals surface area contributed by atoms with Crippen LogP contribution in [0.15, 0.2) is 0 Å². The second-order valence-corrected chi connectivity index (χ2v) is 3.99. The summed E-state index contributed by atoms with van der Waals surface area (Å²) in [6, 6.07) is 0. The van der Waals surface area contributed by atoms with Gasteiger partial charge in [0.25, 0.3) is 0 Å². The van der Waals surface area contributed by atoms with Crippen molar-refractivity contribution in [2.75, 3.05) is 52.9 Å². The van der Waals surface area contributed by atoms with Gasteiger partial charge in [0.15, 0.2) is 0 Å². The maximum Gasteiger partial charge on any atom is 0.0698 e. The first-order valence-electron chi connectivity index (χ1n) is 5.68. The fraction of sp³-hybridized carbons (Fsp3) is 1.00. The molecule has 0 aromatic heterocycles. The van der Waals surface area contributed by atoms with Crippen molar-refractivity contribution in [3.05, 3.63) is 0 Å². The standard InChI is InChI=1S/C5H12O2.C4H10O3.C2H6O2/c1-5(2,3-6)4-7;5-1-3-7-4-2-6;3-1-2-4/h6-7H,3-4H2,1-2H3;5-6H,1-4H2;3-4H,1-2H2. The van der Waals surface area contributed by atoms with Gasteiger partial charge in [-0.1, -0.05) is 13.8 Å². The summed E-state index contributed by atoms with van der Waals surface area (Å²) < 4.78 is 4.63. The lowest BCUT2D eigenvalue weighted by Gasteiger charge is -2.16. The molecule has 0 aromatic carbocycles. The number of hydrogen-bond acceptors (Lipinski definition) is 7. The average Bonchev–Trinajstić information content (AvgIpc) is 2.40. The Labute approximate surface area is 108 Å². The summed E-state index contributed by atoms with van der Waals surface area (Å²) in [5.74, 6) is 0. The Morgan fingerprint density at radius 3 is 1.11 bits per heavy atom. The van der Waals surface area contributed by atoms with E-state index < -0.39 is 0 Å². The number of aliphatic hydroxyl groups is 6. The zero-order chi connectivity index (χ0) is 14.9. The molecule has 0 unspecified atom stereocenters. The van der Waals surface area contributed by atoms with Gasteiger partial charge in [0.05, 0.1) is 52.9 Å². The first kappa shape index (κ1) is 22.9. The Kier molecular flexibility index (Phi) is 24.2. The molecule has 7 nitrogen and oxygen atoms in total. The molecular weight excluding hydrogens is 244 g/mol. The Morgan fingerprint density at radius 2 is 1.00 bits per heavy atom. The Bertz CT molecular complexity index is 119. The molecule has 0 bridgehead atoms. The minimum Gasteiger partial charge on any atom is -0.396 e. The summed E-state index contributed by atoms with van der Waals surface area (Å²) in [6.45, 7) is 4.13. The van der Waals surface area contributed by atoms with Crippen LogP contribution in [0, 0.1) is 5.41 Å². The van der Waals surface area contributed by atoms with E-state index in [9.17, 15) is 0 Å². The molecule has 0 rings (SSSR count). The van der Waals surface area contributed by atoms with Crippen LogP contribution >= 0.6 is 0 Å². The zero-order valence-electron chi connectivity index (χ0n) is 11.2. The van der Waals surface area contributed by atoms with Gasteiger partial charge in [0.1, 0.15) is 0 Å². The Hall–Kier alpha value is -0.280. The molecule has 0 spiro atoms. The molecule has 0 aliphatic carbocycles. The number of rotatable bonds is 7. The van der Waals surface area contributed by atoms with Gasteiger partial charge in [-0.05, 0) is 0 Å². The van der Waals surface area contributed by atoms with Gasteiger partial charge in [0.2, 0.25) is 0 Å². The first-order chi connectivity index (χ1) is 8.45. The van der Waals surface area contributed by atoms with Gasteiger partial charge in [-0.25, -0.2) is 0 Å². The van der Waals surface area contributed by atoms with Crippen molar-refractivity contribution < 1.29 is 35.4 Å². The van der Waals surface area contributed by atoms with Gasteiger partial charge in [-0.15, -0.1) is 0 Å². The van der Waals surface area contributed by atoms with Crippen molar-refractivity contribution in [3.63, 3.8) is 0 Å². The molecule has 18 heavy (non-hydrogen) atoms. The van der Waals surface area contributed by atoms with Gasteiger partial charge >= 0.3 is 0 Å². The molecule has 6 N–H and O–H groups in total. The quantitative estimate of drug-likeness (QED) is 0.294. The van der Waals surface area contributed by atoms with E-state index >= 15 is 0 Å². The molecule has 0 atom stereocenters. The third-order valence-corrected chi connectivity index (χ3v) is 1.43. The summed E-state index contributed by atoms with van der Waals surface area (Å²) in [5.41, 5.74) is -0.306. The highest BCUT2D eigenvalue weighted by atomic mass is 16.5.